The standard InChI is InChI=1S/C32H38N8O6/c1-5-13-39(29(41)17-33-31(43)45-3)19-27-35-23-11-9-21(15-25(23)37-27)7-8-22-10-12-24-26(16-22)38-28(36-24)20-40(14-6-2)30(42)18-34-32(44)46-4/h9-12,15-16H,5-6,13-14,17-20H2,1-4H3,(H,33,43)(H,34,44)(H,35,37)(H,36,38). The average Bonchev–Trinajstić information content (AvgIpc) is 3.66. The van der Waals surface area contributed by atoms with Gasteiger partial charge in [0.05, 0.1) is 49.4 Å². The SMILES string of the molecule is CCCN(Cc1nc2ccc(C#Cc3ccc4nc(CN(CCC)C(=O)CNC(=O)OC)[nH]c4c3)cc2[nH]1)C(=O)CNC(=O)OC. The summed E-state index contributed by atoms with van der Waals surface area (Å²) < 4.78 is 9.08. The van der Waals surface area contributed by atoms with Gasteiger partial charge in [0.15, 0.2) is 0 Å². The van der Waals surface area contributed by atoms with Crippen LogP contribution in [0.5, 0.6) is 0 Å². The van der Waals surface area contributed by atoms with E-state index in [1.54, 1.807) is 9.80 Å². The number of carbonyl (C=O) groups is 4. The number of nitrogens with one attached hydrogen (secondary N) is 4. The molecule has 2 aromatic heterocycles. The molecule has 2 aromatic carbocycles. The molecule has 0 aliphatic heterocycles. The molecule has 0 atom stereocenters. The molecular weight excluding hydrogens is 592 g/mol. The predicted octanol–water partition coefficient (Wildman–Crippen LogP) is 3.03. The second-order valence-electron chi connectivity index (χ2n) is 10.4. The lowest BCUT2D eigenvalue weighted by Crippen LogP contribution is -2.40. The number of carbonyl (C=O) groups excluding carboxylic acids is 4. The summed E-state index contributed by atoms with van der Waals surface area (Å²) in [4.78, 5) is 67.1. The number of H-pyrrole nitrogens is 2. The molecule has 0 spiro atoms. The number of amides is 4. The van der Waals surface area contributed by atoms with Gasteiger partial charge < -0.3 is 39.9 Å². The zero-order chi connectivity index (χ0) is 33.1. The summed E-state index contributed by atoms with van der Waals surface area (Å²) in [5.74, 6) is 7.16. The Labute approximate surface area is 266 Å². The summed E-state index contributed by atoms with van der Waals surface area (Å²) in [6.07, 6.45) is 0.184. The van der Waals surface area contributed by atoms with Crippen LogP contribution in [-0.2, 0) is 32.2 Å². The molecule has 242 valence electrons. The van der Waals surface area contributed by atoms with Crippen LogP contribution in [0.2, 0.25) is 0 Å². The van der Waals surface area contributed by atoms with E-state index in [2.05, 4.69) is 51.9 Å². The zero-order valence-electron chi connectivity index (χ0n) is 26.4. The van der Waals surface area contributed by atoms with Crippen LogP contribution in [0.4, 0.5) is 9.59 Å². The molecule has 46 heavy (non-hydrogen) atoms. The number of nitrogens with zero attached hydrogens (tertiary/aromatic N) is 4. The number of imidazole rings is 2. The smallest absolute Gasteiger partial charge is 0.407 e. The average molecular weight is 631 g/mol. The fourth-order valence-corrected chi connectivity index (χ4v) is 4.72. The Morgan fingerprint density at radius 2 is 1.13 bits per heavy atom. The van der Waals surface area contributed by atoms with Gasteiger partial charge in [0.1, 0.15) is 24.7 Å². The molecule has 0 unspecified atom stereocenters. The van der Waals surface area contributed by atoms with Crippen molar-refractivity contribution < 1.29 is 28.7 Å². The van der Waals surface area contributed by atoms with Crippen LogP contribution in [0.3, 0.4) is 0 Å². The van der Waals surface area contributed by atoms with Crippen LogP contribution >= 0.6 is 0 Å². The minimum Gasteiger partial charge on any atom is -0.453 e. The van der Waals surface area contributed by atoms with Crippen molar-refractivity contribution in [3.63, 3.8) is 0 Å². The van der Waals surface area contributed by atoms with E-state index >= 15 is 0 Å². The number of aromatic amines is 2. The van der Waals surface area contributed by atoms with Crippen molar-refractivity contribution in [2.45, 2.75) is 39.8 Å². The first-order valence-corrected chi connectivity index (χ1v) is 14.9. The highest BCUT2D eigenvalue weighted by molar-refractivity contribution is 5.83. The van der Waals surface area contributed by atoms with Crippen molar-refractivity contribution in [1.82, 2.24) is 40.4 Å². The Morgan fingerprint density at radius 1 is 0.717 bits per heavy atom. The van der Waals surface area contributed by atoms with Gasteiger partial charge in [0.2, 0.25) is 11.8 Å². The van der Waals surface area contributed by atoms with Gasteiger partial charge in [-0.15, -0.1) is 0 Å². The third-order valence-corrected chi connectivity index (χ3v) is 6.93. The molecule has 0 aliphatic rings. The Bertz CT molecular complexity index is 1640. The number of methoxy groups -OCH3 is 2. The van der Waals surface area contributed by atoms with Gasteiger partial charge in [-0.2, -0.15) is 0 Å². The van der Waals surface area contributed by atoms with Crippen molar-refractivity contribution in [2.75, 3.05) is 40.4 Å². The highest BCUT2D eigenvalue weighted by atomic mass is 16.5. The predicted molar refractivity (Wildman–Crippen MR) is 170 cm³/mol. The van der Waals surface area contributed by atoms with Crippen molar-refractivity contribution >= 4 is 46.1 Å². The summed E-state index contributed by atoms with van der Waals surface area (Å²) in [5.41, 5.74) is 4.65. The van der Waals surface area contributed by atoms with Crippen molar-refractivity contribution in [3.8, 4) is 11.8 Å². The third-order valence-electron chi connectivity index (χ3n) is 6.93. The Kier molecular flexibility index (Phi) is 11.5. The quantitative estimate of drug-likeness (QED) is 0.173. The van der Waals surface area contributed by atoms with Crippen molar-refractivity contribution in [3.05, 3.63) is 59.2 Å². The second kappa shape index (κ2) is 15.9. The van der Waals surface area contributed by atoms with Gasteiger partial charge in [-0.05, 0) is 49.2 Å². The lowest BCUT2D eigenvalue weighted by molar-refractivity contribution is -0.131. The summed E-state index contributed by atoms with van der Waals surface area (Å²) in [7, 11) is 2.49. The van der Waals surface area contributed by atoms with E-state index in [-0.39, 0.29) is 38.0 Å². The van der Waals surface area contributed by atoms with E-state index < -0.39 is 12.2 Å². The number of rotatable bonds is 12. The number of hydrogen-bond donors (Lipinski definition) is 4. The molecule has 2 heterocycles. The fraction of sp³-hybridized carbons (Fsp3) is 0.375. The van der Waals surface area contributed by atoms with E-state index in [9.17, 15) is 19.2 Å². The van der Waals surface area contributed by atoms with E-state index in [4.69, 9.17) is 0 Å². The van der Waals surface area contributed by atoms with Crippen molar-refractivity contribution in [1.29, 1.82) is 0 Å². The van der Waals surface area contributed by atoms with Crippen LogP contribution in [0, 0.1) is 11.8 Å². The first-order chi connectivity index (χ1) is 22.2. The summed E-state index contributed by atoms with van der Waals surface area (Å²) >= 11 is 0. The molecule has 4 rings (SSSR count). The molecule has 0 saturated heterocycles. The summed E-state index contributed by atoms with van der Waals surface area (Å²) in [5, 5.41) is 4.84. The summed E-state index contributed by atoms with van der Waals surface area (Å²) in [6, 6.07) is 11.3. The Balaban J connectivity index is 1.44. The molecule has 14 heteroatoms. The molecule has 0 aliphatic carbocycles. The normalized spacial score (nSPS) is 10.6. The monoisotopic (exact) mass is 630 g/mol. The third kappa shape index (κ3) is 8.98. The molecule has 0 saturated carbocycles. The molecule has 4 aromatic rings. The van der Waals surface area contributed by atoms with Crippen LogP contribution in [0.15, 0.2) is 36.4 Å². The molecule has 14 nitrogen and oxygen atoms in total. The molecule has 0 fully saturated rings. The lowest BCUT2D eigenvalue weighted by Gasteiger charge is -2.21. The van der Waals surface area contributed by atoms with Crippen LogP contribution in [0.1, 0.15) is 49.5 Å². The zero-order valence-corrected chi connectivity index (χ0v) is 26.4. The maximum Gasteiger partial charge on any atom is 0.407 e. The van der Waals surface area contributed by atoms with Crippen LogP contribution in [0.25, 0.3) is 22.1 Å². The highest BCUT2D eigenvalue weighted by Crippen LogP contribution is 2.17. The van der Waals surface area contributed by atoms with E-state index in [0.717, 1.165) is 46.0 Å². The van der Waals surface area contributed by atoms with Crippen LogP contribution < -0.4 is 10.6 Å². The van der Waals surface area contributed by atoms with Gasteiger partial charge in [0, 0.05) is 24.2 Å². The molecule has 4 N–H and O–H groups in total. The molecule has 4 amide bonds. The van der Waals surface area contributed by atoms with Gasteiger partial charge in [-0.1, -0.05) is 25.7 Å². The minimum absolute atomic E-state index is 0.161. The van der Waals surface area contributed by atoms with Gasteiger partial charge in [-0.25, -0.2) is 19.6 Å². The molecule has 0 bridgehead atoms. The Hall–Kier alpha value is -5.58. The van der Waals surface area contributed by atoms with Gasteiger partial charge in [-0.3, -0.25) is 9.59 Å². The van der Waals surface area contributed by atoms with E-state index in [1.165, 1.54) is 14.2 Å². The first kappa shape index (κ1) is 33.3. The number of fused-ring (bicyclic) bond motifs is 2. The van der Waals surface area contributed by atoms with Crippen LogP contribution in [-0.4, -0.2) is 94.1 Å². The lowest BCUT2D eigenvalue weighted by atomic mass is 10.1. The van der Waals surface area contributed by atoms with E-state index in [0.29, 0.717) is 24.7 Å². The number of ether oxygens (including phenoxy) is 2. The number of hydrogen-bond acceptors (Lipinski definition) is 8. The minimum atomic E-state index is -0.661. The largest absolute Gasteiger partial charge is 0.453 e. The number of alkyl carbamates (subject to hydrolysis) is 2. The fourth-order valence-electron chi connectivity index (χ4n) is 4.72. The second-order valence-corrected chi connectivity index (χ2v) is 10.4. The summed E-state index contributed by atoms with van der Waals surface area (Å²) in [6.45, 7) is 5.19. The topological polar surface area (TPSA) is 175 Å². The highest BCUT2D eigenvalue weighted by Gasteiger charge is 2.18. The first-order valence-electron chi connectivity index (χ1n) is 14.9. The number of aromatic nitrogens is 4. The van der Waals surface area contributed by atoms with Crippen molar-refractivity contribution in [2.24, 2.45) is 0 Å². The number of benzene rings is 2. The molecular formula is C32H38N8O6. The maximum absolute atomic E-state index is 12.6. The van der Waals surface area contributed by atoms with E-state index in [1.807, 2.05) is 50.2 Å². The van der Waals surface area contributed by atoms with Gasteiger partial charge in [0.25, 0.3) is 0 Å². The molecule has 0 radical (unpaired) electrons. The Morgan fingerprint density at radius 3 is 1.50 bits per heavy atom. The maximum atomic E-state index is 12.6. The van der Waals surface area contributed by atoms with Gasteiger partial charge >= 0.3 is 12.2 Å².